The molecule has 0 saturated heterocycles. The summed E-state index contributed by atoms with van der Waals surface area (Å²) in [4.78, 5) is 0. The van der Waals surface area contributed by atoms with E-state index in [0.717, 1.165) is 16.5 Å². The molecule has 0 spiro atoms. The zero-order valence-electron chi connectivity index (χ0n) is 9.69. The molecule has 0 radical (unpaired) electrons. The molecule has 2 aromatic carbocycles. The first kappa shape index (κ1) is 11.0. The van der Waals surface area contributed by atoms with Crippen LogP contribution < -0.4 is 5.73 Å². The van der Waals surface area contributed by atoms with Gasteiger partial charge in [0.15, 0.2) is 0 Å². The molecule has 90 valence electrons. The van der Waals surface area contributed by atoms with Crippen LogP contribution in [0.4, 0.5) is 4.39 Å². The number of fused-ring (bicyclic) bond motifs is 1. The van der Waals surface area contributed by atoms with Crippen LogP contribution in [0.15, 0.2) is 53.1 Å². The van der Waals surface area contributed by atoms with Crippen LogP contribution in [0.5, 0.6) is 0 Å². The topological polar surface area (TPSA) is 39.2 Å². The molecular formula is C15H12FNO. The molecule has 0 aliphatic carbocycles. The molecule has 3 rings (SSSR count). The normalized spacial score (nSPS) is 11.0. The highest BCUT2D eigenvalue weighted by Gasteiger charge is 2.12. The number of hydrogen-bond acceptors (Lipinski definition) is 2. The Morgan fingerprint density at radius 2 is 1.72 bits per heavy atom. The Balaban J connectivity index is 2.34. The van der Waals surface area contributed by atoms with Gasteiger partial charge in [0.1, 0.15) is 11.6 Å². The van der Waals surface area contributed by atoms with Crippen molar-refractivity contribution in [1.29, 1.82) is 0 Å². The molecule has 0 fully saturated rings. The van der Waals surface area contributed by atoms with Gasteiger partial charge in [0.2, 0.25) is 0 Å². The summed E-state index contributed by atoms with van der Waals surface area (Å²) in [5.41, 5.74) is 7.51. The van der Waals surface area contributed by atoms with E-state index in [0.29, 0.717) is 17.7 Å². The molecule has 0 atom stereocenters. The van der Waals surface area contributed by atoms with Crippen molar-refractivity contribution >= 4 is 10.8 Å². The van der Waals surface area contributed by atoms with Crippen molar-refractivity contribution in [3.63, 3.8) is 0 Å². The van der Waals surface area contributed by atoms with Crippen LogP contribution in [0.25, 0.3) is 21.9 Å². The quantitative estimate of drug-likeness (QED) is 0.743. The van der Waals surface area contributed by atoms with Crippen LogP contribution in [0.2, 0.25) is 0 Å². The van der Waals surface area contributed by atoms with Gasteiger partial charge in [-0.3, -0.25) is 0 Å². The van der Waals surface area contributed by atoms with Crippen LogP contribution in [-0.4, -0.2) is 0 Å². The summed E-state index contributed by atoms with van der Waals surface area (Å²) in [5.74, 6) is 0.499. The molecule has 0 unspecified atom stereocenters. The third kappa shape index (κ3) is 1.60. The third-order valence-corrected chi connectivity index (χ3v) is 3.09. The molecule has 1 heterocycles. The number of hydrogen-bond donors (Lipinski definition) is 1. The van der Waals surface area contributed by atoms with Crippen molar-refractivity contribution in [2.24, 2.45) is 5.73 Å². The second-order valence-corrected chi connectivity index (χ2v) is 4.10. The van der Waals surface area contributed by atoms with Gasteiger partial charge in [0, 0.05) is 10.9 Å². The fraction of sp³-hybridized carbons (Fsp3) is 0.0667. The highest BCUT2D eigenvalue weighted by Crippen LogP contribution is 2.32. The van der Waals surface area contributed by atoms with Gasteiger partial charge in [-0.25, -0.2) is 4.39 Å². The summed E-state index contributed by atoms with van der Waals surface area (Å²) >= 11 is 0. The van der Waals surface area contributed by atoms with Crippen molar-refractivity contribution in [2.45, 2.75) is 6.54 Å². The van der Waals surface area contributed by atoms with E-state index in [1.807, 2.05) is 24.3 Å². The van der Waals surface area contributed by atoms with Gasteiger partial charge in [0.05, 0.1) is 12.8 Å². The summed E-state index contributed by atoms with van der Waals surface area (Å²) in [5, 5.41) is 1.48. The van der Waals surface area contributed by atoms with E-state index < -0.39 is 0 Å². The standard InChI is InChI=1S/C15H12FNO/c16-14-6-5-11(10-3-1-2-4-12(10)14)13-7-8-18-15(13)9-17/h1-8H,9,17H2. The number of rotatable bonds is 2. The maximum Gasteiger partial charge on any atom is 0.131 e. The van der Waals surface area contributed by atoms with E-state index in [1.54, 1.807) is 18.4 Å². The molecule has 2 nitrogen and oxygen atoms in total. The lowest BCUT2D eigenvalue weighted by Gasteiger charge is -2.07. The lowest BCUT2D eigenvalue weighted by atomic mass is 9.98. The summed E-state index contributed by atoms with van der Waals surface area (Å²) in [7, 11) is 0. The molecular weight excluding hydrogens is 229 g/mol. The zero-order valence-corrected chi connectivity index (χ0v) is 9.69. The maximum atomic E-state index is 13.7. The molecule has 0 aliphatic heterocycles. The van der Waals surface area contributed by atoms with E-state index in [9.17, 15) is 4.39 Å². The molecule has 18 heavy (non-hydrogen) atoms. The minimum atomic E-state index is -0.216. The van der Waals surface area contributed by atoms with Crippen molar-refractivity contribution in [1.82, 2.24) is 0 Å². The predicted octanol–water partition coefficient (Wildman–Crippen LogP) is 3.70. The van der Waals surface area contributed by atoms with Crippen molar-refractivity contribution in [3.8, 4) is 11.1 Å². The predicted molar refractivity (Wildman–Crippen MR) is 69.5 cm³/mol. The second kappa shape index (κ2) is 4.27. The smallest absolute Gasteiger partial charge is 0.131 e. The Hall–Kier alpha value is -2.13. The number of furan rings is 1. The fourth-order valence-corrected chi connectivity index (χ4v) is 2.24. The highest BCUT2D eigenvalue weighted by molar-refractivity contribution is 5.97. The van der Waals surface area contributed by atoms with Crippen molar-refractivity contribution < 1.29 is 8.81 Å². The van der Waals surface area contributed by atoms with Gasteiger partial charge in [-0.05, 0) is 23.1 Å². The molecule has 3 aromatic rings. The van der Waals surface area contributed by atoms with E-state index in [-0.39, 0.29) is 5.82 Å². The lowest BCUT2D eigenvalue weighted by molar-refractivity contribution is 0.513. The average Bonchev–Trinajstić information content (AvgIpc) is 2.88. The highest BCUT2D eigenvalue weighted by atomic mass is 19.1. The Morgan fingerprint density at radius 3 is 2.50 bits per heavy atom. The van der Waals surface area contributed by atoms with E-state index in [4.69, 9.17) is 10.2 Å². The van der Waals surface area contributed by atoms with Gasteiger partial charge in [-0.1, -0.05) is 30.3 Å². The molecule has 0 aliphatic rings. The summed E-state index contributed by atoms with van der Waals surface area (Å²) in [6.07, 6.45) is 1.61. The van der Waals surface area contributed by atoms with Crippen LogP contribution >= 0.6 is 0 Å². The molecule has 0 amide bonds. The molecule has 2 N–H and O–H groups in total. The van der Waals surface area contributed by atoms with Crippen LogP contribution in [0.1, 0.15) is 5.76 Å². The van der Waals surface area contributed by atoms with Crippen molar-refractivity contribution in [2.75, 3.05) is 0 Å². The van der Waals surface area contributed by atoms with E-state index >= 15 is 0 Å². The average molecular weight is 241 g/mol. The maximum absolute atomic E-state index is 13.7. The van der Waals surface area contributed by atoms with Gasteiger partial charge in [0.25, 0.3) is 0 Å². The van der Waals surface area contributed by atoms with Crippen molar-refractivity contribution in [3.05, 3.63) is 60.3 Å². The molecule has 0 bridgehead atoms. The Kier molecular flexibility index (Phi) is 2.61. The first-order chi connectivity index (χ1) is 8.81. The molecule has 1 aromatic heterocycles. The SMILES string of the molecule is NCc1occc1-c1ccc(F)c2ccccc12. The first-order valence-corrected chi connectivity index (χ1v) is 5.75. The third-order valence-electron chi connectivity index (χ3n) is 3.09. The van der Waals surface area contributed by atoms with E-state index in [2.05, 4.69) is 0 Å². The summed E-state index contributed by atoms with van der Waals surface area (Å²) < 4.78 is 19.1. The van der Waals surface area contributed by atoms with Crippen LogP contribution in [0.3, 0.4) is 0 Å². The van der Waals surface area contributed by atoms with Gasteiger partial charge in [-0.2, -0.15) is 0 Å². The largest absolute Gasteiger partial charge is 0.467 e. The molecule has 3 heteroatoms. The fourth-order valence-electron chi connectivity index (χ4n) is 2.24. The Labute approximate surface area is 104 Å². The van der Waals surface area contributed by atoms with E-state index in [1.165, 1.54) is 6.07 Å². The van der Waals surface area contributed by atoms with Gasteiger partial charge >= 0.3 is 0 Å². The molecule has 0 saturated carbocycles. The second-order valence-electron chi connectivity index (χ2n) is 4.10. The van der Waals surface area contributed by atoms with Crippen LogP contribution in [-0.2, 0) is 6.54 Å². The zero-order chi connectivity index (χ0) is 12.5. The Bertz CT molecular complexity index is 703. The van der Waals surface area contributed by atoms with Gasteiger partial charge < -0.3 is 10.2 Å². The minimum absolute atomic E-state index is 0.216. The number of halogens is 1. The first-order valence-electron chi connectivity index (χ1n) is 5.75. The Morgan fingerprint density at radius 1 is 0.944 bits per heavy atom. The minimum Gasteiger partial charge on any atom is -0.467 e. The van der Waals surface area contributed by atoms with Crippen LogP contribution in [0, 0.1) is 5.82 Å². The summed E-state index contributed by atoms with van der Waals surface area (Å²) in [6.45, 7) is 0.327. The lowest BCUT2D eigenvalue weighted by Crippen LogP contribution is -1.96. The number of nitrogens with two attached hydrogens (primary N) is 1. The summed E-state index contributed by atoms with van der Waals surface area (Å²) in [6, 6.07) is 12.5. The number of benzene rings is 2. The van der Waals surface area contributed by atoms with Gasteiger partial charge in [-0.15, -0.1) is 0 Å². The monoisotopic (exact) mass is 241 g/mol.